The van der Waals surface area contributed by atoms with Crippen molar-refractivity contribution in [3.8, 4) is 5.75 Å². The maximum absolute atomic E-state index is 10.7. The summed E-state index contributed by atoms with van der Waals surface area (Å²) in [5, 5.41) is 10.7. The molecule has 0 atom stereocenters. The van der Waals surface area contributed by atoms with E-state index in [-0.39, 0.29) is 11.5 Å². The molecule has 0 aliphatic carbocycles. The van der Waals surface area contributed by atoms with Gasteiger partial charge in [0.2, 0.25) is 5.82 Å². The van der Waals surface area contributed by atoms with Crippen LogP contribution in [0.3, 0.4) is 0 Å². The number of aromatic nitrogens is 1. The summed E-state index contributed by atoms with van der Waals surface area (Å²) in [7, 11) is 3.40. The number of pyridine rings is 1. The number of benzene rings is 1. The van der Waals surface area contributed by atoms with Gasteiger partial charge in [-0.2, -0.15) is 0 Å². The zero-order valence-electron chi connectivity index (χ0n) is 11.1. The third-order valence-electron chi connectivity index (χ3n) is 2.89. The summed E-state index contributed by atoms with van der Waals surface area (Å²) in [6, 6.07) is 10.3. The summed E-state index contributed by atoms with van der Waals surface area (Å²) in [4.78, 5) is 16.0. The van der Waals surface area contributed by atoms with Gasteiger partial charge in [0.25, 0.3) is 0 Å². The average Bonchev–Trinajstić information content (AvgIpc) is 2.46. The van der Waals surface area contributed by atoms with Crippen LogP contribution >= 0.6 is 0 Å². The molecule has 0 aliphatic rings. The fourth-order valence-corrected chi connectivity index (χ4v) is 1.74. The van der Waals surface area contributed by atoms with Crippen molar-refractivity contribution < 1.29 is 9.66 Å². The topological polar surface area (TPSA) is 94.5 Å². The monoisotopic (exact) mass is 274 g/mol. The van der Waals surface area contributed by atoms with Gasteiger partial charge in [0.05, 0.1) is 12.0 Å². The van der Waals surface area contributed by atoms with Gasteiger partial charge < -0.3 is 15.4 Å². The Morgan fingerprint density at radius 2 is 1.90 bits per heavy atom. The third kappa shape index (κ3) is 2.61. The van der Waals surface area contributed by atoms with E-state index in [2.05, 4.69) is 4.98 Å². The molecule has 7 nitrogen and oxygen atoms in total. The number of nitrogens with zero attached hydrogens (tertiary/aromatic N) is 3. The largest absolute Gasteiger partial charge is 0.497 e. The van der Waals surface area contributed by atoms with Crippen LogP contribution in [0.1, 0.15) is 0 Å². The minimum absolute atomic E-state index is 0.104. The second kappa shape index (κ2) is 5.43. The van der Waals surface area contributed by atoms with E-state index in [0.717, 1.165) is 11.4 Å². The summed E-state index contributed by atoms with van der Waals surface area (Å²) < 4.78 is 5.09. The molecule has 2 rings (SSSR count). The lowest BCUT2D eigenvalue weighted by Gasteiger charge is -2.18. The fraction of sp³-hybridized carbons (Fsp3) is 0.154. The molecule has 0 radical (unpaired) electrons. The van der Waals surface area contributed by atoms with Gasteiger partial charge in [-0.1, -0.05) is 0 Å². The van der Waals surface area contributed by atoms with Gasteiger partial charge in [0, 0.05) is 18.8 Å². The third-order valence-corrected chi connectivity index (χ3v) is 2.89. The van der Waals surface area contributed by atoms with Gasteiger partial charge in [0.1, 0.15) is 11.6 Å². The highest BCUT2D eigenvalue weighted by molar-refractivity contribution is 5.64. The molecule has 0 fully saturated rings. The number of nitrogens with two attached hydrogens (primary N) is 1. The Balaban J connectivity index is 2.30. The lowest BCUT2D eigenvalue weighted by atomic mass is 10.2. The second-order valence-corrected chi connectivity index (χ2v) is 4.09. The van der Waals surface area contributed by atoms with Crippen molar-refractivity contribution in [1.29, 1.82) is 0 Å². The van der Waals surface area contributed by atoms with Crippen LogP contribution in [0.4, 0.5) is 23.0 Å². The quantitative estimate of drug-likeness (QED) is 0.679. The van der Waals surface area contributed by atoms with Crippen molar-refractivity contribution >= 4 is 23.0 Å². The van der Waals surface area contributed by atoms with Gasteiger partial charge in [-0.3, -0.25) is 10.1 Å². The van der Waals surface area contributed by atoms with E-state index < -0.39 is 4.92 Å². The van der Waals surface area contributed by atoms with Gasteiger partial charge in [0.15, 0.2) is 0 Å². The van der Waals surface area contributed by atoms with E-state index in [1.165, 1.54) is 6.07 Å². The molecule has 104 valence electrons. The Bertz CT molecular complexity index is 628. The molecule has 20 heavy (non-hydrogen) atoms. The molecule has 1 heterocycles. The van der Waals surface area contributed by atoms with Crippen LogP contribution in [0, 0.1) is 10.1 Å². The van der Waals surface area contributed by atoms with Crippen LogP contribution in [0.2, 0.25) is 0 Å². The maximum Gasteiger partial charge on any atom is 0.311 e. The van der Waals surface area contributed by atoms with Gasteiger partial charge in [-0.15, -0.1) is 0 Å². The van der Waals surface area contributed by atoms with Crippen LogP contribution < -0.4 is 15.4 Å². The number of methoxy groups -OCH3 is 1. The Morgan fingerprint density at radius 1 is 1.25 bits per heavy atom. The summed E-state index contributed by atoms with van der Waals surface area (Å²) in [6.45, 7) is 0. The lowest BCUT2D eigenvalue weighted by Crippen LogP contribution is -2.12. The minimum atomic E-state index is -0.556. The SMILES string of the molecule is COc1ccc(N(C)c2ccc([N+](=O)[O-])c(N)n2)cc1. The highest BCUT2D eigenvalue weighted by atomic mass is 16.6. The molecule has 1 aromatic heterocycles. The van der Waals surface area contributed by atoms with Crippen molar-refractivity contribution in [3.05, 3.63) is 46.5 Å². The first kappa shape index (κ1) is 13.6. The van der Waals surface area contributed by atoms with Crippen LogP contribution in [-0.4, -0.2) is 24.1 Å². The summed E-state index contributed by atoms with van der Waals surface area (Å²) >= 11 is 0. The molecule has 1 aromatic carbocycles. The van der Waals surface area contributed by atoms with Crippen molar-refractivity contribution in [1.82, 2.24) is 4.98 Å². The van der Waals surface area contributed by atoms with Crippen molar-refractivity contribution in [2.75, 3.05) is 24.8 Å². The number of hydrogen-bond donors (Lipinski definition) is 1. The van der Waals surface area contributed by atoms with E-state index in [4.69, 9.17) is 10.5 Å². The summed E-state index contributed by atoms with van der Waals surface area (Å²) in [5.41, 5.74) is 6.25. The molecule has 2 N–H and O–H groups in total. The first-order valence-electron chi connectivity index (χ1n) is 5.81. The summed E-state index contributed by atoms with van der Waals surface area (Å²) in [5.74, 6) is 1.17. The van der Waals surface area contributed by atoms with E-state index in [0.29, 0.717) is 5.82 Å². The Kier molecular flexibility index (Phi) is 3.69. The van der Waals surface area contributed by atoms with E-state index in [1.807, 2.05) is 24.3 Å². The van der Waals surface area contributed by atoms with E-state index in [9.17, 15) is 10.1 Å². The Hall–Kier alpha value is -2.83. The van der Waals surface area contributed by atoms with Crippen molar-refractivity contribution in [3.63, 3.8) is 0 Å². The number of nitro groups is 1. The number of rotatable bonds is 4. The number of nitrogen functional groups attached to an aromatic ring is 1. The molecule has 0 saturated carbocycles. The second-order valence-electron chi connectivity index (χ2n) is 4.09. The zero-order valence-corrected chi connectivity index (χ0v) is 11.1. The minimum Gasteiger partial charge on any atom is -0.497 e. The first-order valence-corrected chi connectivity index (χ1v) is 5.81. The van der Waals surface area contributed by atoms with Crippen LogP contribution in [0.15, 0.2) is 36.4 Å². The molecular weight excluding hydrogens is 260 g/mol. The molecule has 7 heteroatoms. The molecule has 0 spiro atoms. The number of ether oxygens (including phenoxy) is 1. The molecule has 0 aliphatic heterocycles. The fourth-order valence-electron chi connectivity index (χ4n) is 1.74. The van der Waals surface area contributed by atoms with Crippen LogP contribution in [0.5, 0.6) is 5.75 Å². The zero-order chi connectivity index (χ0) is 14.7. The van der Waals surface area contributed by atoms with E-state index in [1.54, 1.807) is 25.1 Å². The predicted molar refractivity (Wildman–Crippen MR) is 76.4 cm³/mol. The molecule has 0 amide bonds. The van der Waals surface area contributed by atoms with Crippen LogP contribution in [-0.2, 0) is 0 Å². The number of hydrogen-bond acceptors (Lipinski definition) is 6. The molecule has 0 bridgehead atoms. The first-order chi connectivity index (χ1) is 9.52. The van der Waals surface area contributed by atoms with Crippen molar-refractivity contribution in [2.45, 2.75) is 0 Å². The molecular formula is C13H14N4O3. The van der Waals surface area contributed by atoms with Gasteiger partial charge >= 0.3 is 5.69 Å². The molecule has 0 unspecified atom stereocenters. The smallest absolute Gasteiger partial charge is 0.311 e. The van der Waals surface area contributed by atoms with Crippen molar-refractivity contribution in [2.24, 2.45) is 0 Å². The Morgan fingerprint density at radius 3 is 2.40 bits per heavy atom. The molecule has 0 saturated heterocycles. The standard InChI is InChI=1S/C13H14N4O3/c1-16(9-3-5-10(20-2)6-4-9)12-8-7-11(17(18)19)13(14)15-12/h3-8H,1-2H3,(H2,14,15). The van der Waals surface area contributed by atoms with Gasteiger partial charge in [-0.25, -0.2) is 4.98 Å². The highest BCUT2D eigenvalue weighted by Gasteiger charge is 2.15. The van der Waals surface area contributed by atoms with Crippen LogP contribution in [0.25, 0.3) is 0 Å². The van der Waals surface area contributed by atoms with E-state index >= 15 is 0 Å². The van der Waals surface area contributed by atoms with Gasteiger partial charge in [-0.05, 0) is 30.3 Å². The maximum atomic E-state index is 10.7. The normalized spacial score (nSPS) is 10.1. The lowest BCUT2D eigenvalue weighted by molar-refractivity contribution is -0.384. The number of anilines is 3. The average molecular weight is 274 g/mol. The summed E-state index contributed by atoms with van der Waals surface area (Å²) in [6.07, 6.45) is 0. The Labute approximate surface area is 115 Å². The highest BCUT2D eigenvalue weighted by Crippen LogP contribution is 2.27. The predicted octanol–water partition coefficient (Wildman–Crippen LogP) is 2.35. The molecule has 2 aromatic rings.